The van der Waals surface area contributed by atoms with Crippen molar-refractivity contribution >= 4 is 5.97 Å². The zero-order valence-corrected chi connectivity index (χ0v) is 8.98. The van der Waals surface area contributed by atoms with E-state index in [0.717, 1.165) is 0 Å². The normalized spacial score (nSPS) is 11.9. The minimum Gasteiger partial charge on any atom is -0.489 e. The lowest BCUT2D eigenvalue weighted by Gasteiger charge is -2.12. The maximum Gasteiger partial charge on any atom is 0.307 e. The van der Waals surface area contributed by atoms with Crippen LogP contribution in [0.25, 0.3) is 0 Å². The molecule has 88 valence electrons. The molecule has 0 spiro atoms. The summed E-state index contributed by atoms with van der Waals surface area (Å²) in [5, 5.41) is 0. The fourth-order valence-corrected chi connectivity index (χ4v) is 1.11. The van der Waals surface area contributed by atoms with Gasteiger partial charge in [-0.15, -0.1) is 0 Å². The molecule has 0 saturated carbocycles. The van der Waals surface area contributed by atoms with E-state index in [1.165, 1.54) is 19.2 Å². The smallest absolute Gasteiger partial charge is 0.307 e. The van der Waals surface area contributed by atoms with E-state index in [9.17, 15) is 9.18 Å². The first-order valence-electron chi connectivity index (χ1n) is 4.83. The number of carbonyl (C=O) groups is 1. The summed E-state index contributed by atoms with van der Waals surface area (Å²) in [6.45, 7) is 0.0655. The molecule has 0 heterocycles. The summed E-state index contributed by atoms with van der Waals surface area (Å²) in [7, 11) is 1.28. The van der Waals surface area contributed by atoms with Gasteiger partial charge in [-0.3, -0.25) is 4.79 Å². The van der Waals surface area contributed by atoms with E-state index in [0.29, 0.717) is 0 Å². The van der Waals surface area contributed by atoms with Crippen LogP contribution in [-0.4, -0.2) is 25.7 Å². The van der Waals surface area contributed by atoms with Crippen molar-refractivity contribution in [2.24, 2.45) is 5.73 Å². The van der Waals surface area contributed by atoms with Gasteiger partial charge in [0.25, 0.3) is 0 Å². The maximum atomic E-state index is 13.1. The van der Waals surface area contributed by atoms with E-state index < -0.39 is 17.8 Å². The van der Waals surface area contributed by atoms with Gasteiger partial charge >= 0.3 is 5.97 Å². The number of halogens is 1. The van der Waals surface area contributed by atoms with Gasteiger partial charge in [0.15, 0.2) is 11.6 Å². The fraction of sp³-hybridized carbons (Fsp3) is 0.364. The van der Waals surface area contributed by atoms with E-state index in [1.54, 1.807) is 12.1 Å². The van der Waals surface area contributed by atoms with E-state index in [1.807, 2.05) is 0 Å². The number of carbonyl (C=O) groups excluding carboxylic acids is 1. The second-order valence-electron chi connectivity index (χ2n) is 3.28. The van der Waals surface area contributed by atoms with Gasteiger partial charge in [-0.2, -0.15) is 0 Å². The Morgan fingerprint density at radius 1 is 1.50 bits per heavy atom. The summed E-state index contributed by atoms with van der Waals surface area (Å²) in [4.78, 5) is 10.9. The number of methoxy groups -OCH3 is 1. The van der Waals surface area contributed by atoms with Gasteiger partial charge in [0.2, 0.25) is 0 Å². The van der Waals surface area contributed by atoms with Crippen molar-refractivity contribution < 1.29 is 18.7 Å². The van der Waals surface area contributed by atoms with Gasteiger partial charge in [-0.05, 0) is 12.1 Å². The van der Waals surface area contributed by atoms with E-state index in [-0.39, 0.29) is 18.8 Å². The molecular formula is C11H14FNO3. The lowest BCUT2D eigenvalue weighted by molar-refractivity contribution is -0.141. The van der Waals surface area contributed by atoms with Crippen LogP contribution in [0.3, 0.4) is 0 Å². The zero-order valence-electron chi connectivity index (χ0n) is 8.98. The summed E-state index contributed by atoms with van der Waals surface area (Å²) in [5.41, 5.74) is 5.60. The van der Waals surface area contributed by atoms with Gasteiger partial charge in [0.05, 0.1) is 13.5 Å². The van der Waals surface area contributed by atoms with Crippen molar-refractivity contribution in [3.8, 4) is 5.75 Å². The maximum absolute atomic E-state index is 13.1. The standard InChI is InChI=1S/C11H14FNO3/c1-15-11(14)6-8(13)7-16-10-5-3-2-4-9(10)12/h2-5,8H,6-7,13H2,1H3. The zero-order chi connectivity index (χ0) is 12.0. The van der Waals surface area contributed by atoms with Crippen LogP contribution in [0.1, 0.15) is 6.42 Å². The predicted molar refractivity (Wildman–Crippen MR) is 56.5 cm³/mol. The Hall–Kier alpha value is -1.62. The molecule has 5 heteroatoms. The van der Waals surface area contributed by atoms with Crippen molar-refractivity contribution in [1.29, 1.82) is 0 Å². The molecule has 0 aliphatic heterocycles. The van der Waals surface area contributed by atoms with Crippen LogP contribution < -0.4 is 10.5 Å². The van der Waals surface area contributed by atoms with Crippen LogP contribution in [0, 0.1) is 5.82 Å². The average molecular weight is 227 g/mol. The molecule has 1 aromatic rings. The van der Waals surface area contributed by atoms with Gasteiger partial charge in [0, 0.05) is 6.04 Å². The second kappa shape index (κ2) is 6.07. The first-order chi connectivity index (χ1) is 7.63. The third-order valence-corrected chi connectivity index (χ3v) is 1.95. The topological polar surface area (TPSA) is 61.5 Å². The van der Waals surface area contributed by atoms with Gasteiger partial charge < -0.3 is 15.2 Å². The first kappa shape index (κ1) is 12.4. The molecule has 2 N–H and O–H groups in total. The monoisotopic (exact) mass is 227 g/mol. The highest BCUT2D eigenvalue weighted by molar-refractivity contribution is 5.69. The number of rotatable bonds is 5. The number of para-hydroxylation sites is 1. The number of hydrogen-bond donors (Lipinski definition) is 1. The summed E-state index contributed by atoms with van der Waals surface area (Å²) >= 11 is 0. The van der Waals surface area contributed by atoms with Crippen LogP contribution in [-0.2, 0) is 9.53 Å². The second-order valence-corrected chi connectivity index (χ2v) is 3.28. The number of hydrogen-bond acceptors (Lipinski definition) is 4. The van der Waals surface area contributed by atoms with Gasteiger partial charge in [-0.25, -0.2) is 4.39 Å². The predicted octanol–water partition coefficient (Wildman–Crippen LogP) is 1.09. The Balaban J connectivity index is 2.40. The molecule has 0 fully saturated rings. The van der Waals surface area contributed by atoms with Crippen LogP contribution >= 0.6 is 0 Å². The van der Waals surface area contributed by atoms with Gasteiger partial charge in [0.1, 0.15) is 6.61 Å². The highest BCUT2D eigenvalue weighted by Crippen LogP contribution is 2.15. The number of esters is 1. The Labute approximate surface area is 93.2 Å². The van der Waals surface area contributed by atoms with E-state index >= 15 is 0 Å². The van der Waals surface area contributed by atoms with Crippen molar-refractivity contribution in [3.05, 3.63) is 30.1 Å². The Bertz CT molecular complexity index is 357. The molecule has 4 nitrogen and oxygen atoms in total. The summed E-state index contributed by atoms with van der Waals surface area (Å²) in [6.07, 6.45) is 0.0466. The quantitative estimate of drug-likeness (QED) is 0.765. The van der Waals surface area contributed by atoms with Crippen LogP contribution in [0.5, 0.6) is 5.75 Å². The minimum absolute atomic E-state index is 0.0466. The third kappa shape index (κ3) is 3.86. The molecule has 1 unspecified atom stereocenters. The lowest BCUT2D eigenvalue weighted by Crippen LogP contribution is -2.31. The SMILES string of the molecule is COC(=O)CC(N)COc1ccccc1F. The number of nitrogens with two attached hydrogens (primary N) is 1. The Morgan fingerprint density at radius 2 is 2.19 bits per heavy atom. The minimum atomic E-state index is -0.507. The molecule has 0 aromatic heterocycles. The van der Waals surface area contributed by atoms with E-state index in [2.05, 4.69) is 4.74 Å². The number of benzene rings is 1. The van der Waals surface area contributed by atoms with Crippen LogP contribution in [0.2, 0.25) is 0 Å². The molecule has 0 bridgehead atoms. The van der Waals surface area contributed by atoms with Crippen molar-refractivity contribution in [1.82, 2.24) is 0 Å². The lowest BCUT2D eigenvalue weighted by atomic mass is 10.2. The largest absolute Gasteiger partial charge is 0.489 e. The molecule has 1 atom stereocenters. The Kier molecular flexibility index (Phi) is 4.72. The van der Waals surface area contributed by atoms with Gasteiger partial charge in [-0.1, -0.05) is 12.1 Å². The fourth-order valence-electron chi connectivity index (χ4n) is 1.11. The molecule has 16 heavy (non-hydrogen) atoms. The highest BCUT2D eigenvalue weighted by Gasteiger charge is 2.11. The van der Waals surface area contributed by atoms with Crippen molar-refractivity contribution in [3.63, 3.8) is 0 Å². The number of ether oxygens (including phenoxy) is 2. The van der Waals surface area contributed by atoms with E-state index in [4.69, 9.17) is 10.5 Å². The van der Waals surface area contributed by atoms with Crippen LogP contribution in [0.15, 0.2) is 24.3 Å². The molecule has 0 aliphatic rings. The van der Waals surface area contributed by atoms with Crippen LogP contribution in [0.4, 0.5) is 4.39 Å². The van der Waals surface area contributed by atoms with Crippen molar-refractivity contribution in [2.45, 2.75) is 12.5 Å². The molecular weight excluding hydrogens is 213 g/mol. The molecule has 0 amide bonds. The molecule has 0 aliphatic carbocycles. The highest BCUT2D eigenvalue weighted by atomic mass is 19.1. The summed E-state index contributed by atoms with van der Waals surface area (Å²) in [6, 6.07) is 5.51. The van der Waals surface area contributed by atoms with Crippen molar-refractivity contribution in [2.75, 3.05) is 13.7 Å². The molecule has 0 saturated heterocycles. The Morgan fingerprint density at radius 3 is 2.81 bits per heavy atom. The molecule has 1 rings (SSSR count). The summed E-state index contributed by atoms with van der Waals surface area (Å²) < 4.78 is 22.7. The molecule has 1 aromatic carbocycles. The summed E-state index contributed by atoms with van der Waals surface area (Å²) in [5.74, 6) is -0.736. The average Bonchev–Trinajstić information content (AvgIpc) is 2.28. The first-order valence-corrected chi connectivity index (χ1v) is 4.83. The third-order valence-electron chi connectivity index (χ3n) is 1.95. The molecule has 0 radical (unpaired) electrons.